The number of aliphatic imine (C=N–C) groups is 1. The van der Waals surface area contributed by atoms with Crippen molar-refractivity contribution < 1.29 is 22.8 Å². The van der Waals surface area contributed by atoms with Crippen LogP contribution in [0.4, 0.5) is 13.2 Å². The number of rotatable bonds is 3. The average Bonchev–Trinajstić information content (AvgIpc) is 2.99. The molecule has 0 fully saturated rings. The number of benzene rings is 2. The number of carbonyl (C=O) groups is 1. The number of hydrogen-bond donors (Lipinski definition) is 0. The van der Waals surface area contributed by atoms with Gasteiger partial charge in [-0.1, -0.05) is 60.7 Å². The van der Waals surface area contributed by atoms with Gasteiger partial charge in [-0.05, 0) is 11.1 Å². The Bertz CT molecular complexity index is 733. The molecule has 124 valence electrons. The zero-order valence-electron chi connectivity index (χ0n) is 12.4. The Balaban J connectivity index is 1.92. The van der Waals surface area contributed by atoms with Gasteiger partial charge >= 0.3 is 12.1 Å². The van der Waals surface area contributed by atoms with E-state index < -0.39 is 24.2 Å². The van der Waals surface area contributed by atoms with E-state index in [1.807, 2.05) is 30.3 Å². The van der Waals surface area contributed by atoms with Crippen LogP contribution < -0.4 is 0 Å². The number of carbonyl (C=O) groups excluding carboxylic acids is 1. The first kappa shape index (κ1) is 16.0. The minimum Gasteiger partial charge on any atom is -0.331 e. The maximum Gasteiger partial charge on any atom is 0.493 e. The summed E-state index contributed by atoms with van der Waals surface area (Å²) in [6.45, 7) is 0. The molecule has 3 rings (SSSR count). The van der Waals surface area contributed by atoms with Gasteiger partial charge in [0, 0.05) is 0 Å². The van der Waals surface area contributed by atoms with Gasteiger partial charge in [0.25, 0.3) is 0 Å². The lowest BCUT2D eigenvalue weighted by Gasteiger charge is -2.27. The molecule has 1 aliphatic rings. The Hall–Kier alpha value is -2.83. The maximum absolute atomic E-state index is 12.5. The summed E-state index contributed by atoms with van der Waals surface area (Å²) in [7, 11) is 0. The fourth-order valence-electron chi connectivity index (χ4n) is 2.56. The molecule has 0 saturated heterocycles. The van der Waals surface area contributed by atoms with Gasteiger partial charge in [0.1, 0.15) is 18.4 Å². The highest BCUT2D eigenvalue weighted by Crippen LogP contribution is 2.40. The van der Waals surface area contributed by atoms with Gasteiger partial charge in [0.15, 0.2) is 0 Å². The topological polar surface area (TPSA) is 41.9 Å². The zero-order chi connectivity index (χ0) is 17.2. The van der Waals surface area contributed by atoms with Gasteiger partial charge in [-0.2, -0.15) is 18.2 Å². The van der Waals surface area contributed by atoms with Crippen molar-refractivity contribution in [3.8, 4) is 0 Å². The number of nitrogens with zero attached hydrogens (tertiary/aromatic N) is 2. The van der Waals surface area contributed by atoms with Crippen molar-refractivity contribution in [2.75, 3.05) is 0 Å². The van der Waals surface area contributed by atoms with Crippen molar-refractivity contribution in [3.63, 3.8) is 0 Å². The fourth-order valence-corrected chi connectivity index (χ4v) is 2.56. The lowest BCUT2D eigenvalue weighted by molar-refractivity contribution is -0.229. The molecular formula is C17H13F3N2O2. The highest BCUT2D eigenvalue weighted by Gasteiger charge is 2.45. The number of hydrogen-bond acceptors (Lipinski definition) is 4. The maximum atomic E-state index is 12.5. The normalized spacial score (nSPS) is 20.2. The van der Waals surface area contributed by atoms with Crippen LogP contribution in [-0.2, 0) is 9.63 Å². The molecule has 24 heavy (non-hydrogen) atoms. The minimum absolute atomic E-state index is 0.477. The Labute approximate surface area is 136 Å². The van der Waals surface area contributed by atoms with Crippen LogP contribution in [0, 0.1) is 0 Å². The summed E-state index contributed by atoms with van der Waals surface area (Å²) in [6.07, 6.45) is -3.95. The molecule has 0 bridgehead atoms. The molecule has 1 aliphatic heterocycles. The van der Waals surface area contributed by atoms with Gasteiger partial charge < -0.3 is 4.84 Å². The Morgan fingerprint density at radius 1 is 0.958 bits per heavy atom. The fraction of sp³-hybridized carbons (Fsp3) is 0.176. The van der Waals surface area contributed by atoms with Crippen LogP contribution in [0.2, 0.25) is 0 Å². The quantitative estimate of drug-likeness (QED) is 0.857. The number of halogens is 3. The molecule has 4 nitrogen and oxygen atoms in total. The van der Waals surface area contributed by atoms with E-state index in [0.717, 1.165) is 17.0 Å². The summed E-state index contributed by atoms with van der Waals surface area (Å²) in [5.41, 5.74) is 1.51. The van der Waals surface area contributed by atoms with Crippen molar-refractivity contribution in [2.45, 2.75) is 18.3 Å². The average molecular weight is 334 g/mol. The van der Waals surface area contributed by atoms with Gasteiger partial charge in [-0.3, -0.25) is 4.99 Å². The van der Waals surface area contributed by atoms with E-state index >= 15 is 0 Å². The van der Waals surface area contributed by atoms with Crippen LogP contribution >= 0.6 is 0 Å². The summed E-state index contributed by atoms with van der Waals surface area (Å²) in [6, 6.07) is 16.8. The molecular weight excluding hydrogens is 321 g/mol. The van der Waals surface area contributed by atoms with Crippen LogP contribution in [-0.4, -0.2) is 23.5 Å². The summed E-state index contributed by atoms with van der Waals surface area (Å²) in [4.78, 5) is 19.9. The van der Waals surface area contributed by atoms with E-state index in [1.54, 1.807) is 30.3 Å². The smallest absolute Gasteiger partial charge is 0.331 e. The molecule has 7 heteroatoms. The summed E-state index contributed by atoms with van der Waals surface area (Å²) >= 11 is 0. The van der Waals surface area contributed by atoms with Gasteiger partial charge in [0.05, 0.1) is 0 Å². The molecule has 2 aromatic carbocycles. The molecule has 2 unspecified atom stereocenters. The second kappa shape index (κ2) is 6.35. The molecule has 0 aromatic heterocycles. The third kappa shape index (κ3) is 3.24. The van der Waals surface area contributed by atoms with E-state index in [9.17, 15) is 18.0 Å². The van der Waals surface area contributed by atoms with Crippen LogP contribution in [0.3, 0.4) is 0 Å². The van der Waals surface area contributed by atoms with Crippen molar-refractivity contribution >= 4 is 12.3 Å². The third-order valence-corrected chi connectivity index (χ3v) is 3.62. The van der Waals surface area contributed by atoms with E-state index in [0.29, 0.717) is 5.56 Å². The van der Waals surface area contributed by atoms with Crippen LogP contribution in [0.5, 0.6) is 0 Å². The van der Waals surface area contributed by atoms with Gasteiger partial charge in [0.2, 0.25) is 0 Å². The van der Waals surface area contributed by atoms with Crippen LogP contribution in [0.15, 0.2) is 65.7 Å². The zero-order valence-corrected chi connectivity index (χ0v) is 12.4. The first-order chi connectivity index (χ1) is 11.5. The van der Waals surface area contributed by atoms with E-state index in [-0.39, 0.29) is 0 Å². The molecule has 0 amide bonds. The van der Waals surface area contributed by atoms with Crippen molar-refractivity contribution in [1.82, 2.24) is 5.06 Å². The van der Waals surface area contributed by atoms with Crippen LogP contribution in [0.25, 0.3) is 0 Å². The van der Waals surface area contributed by atoms with Gasteiger partial charge in [-0.15, -0.1) is 0 Å². The first-order valence-electron chi connectivity index (χ1n) is 7.17. The Kier molecular flexibility index (Phi) is 4.24. The predicted molar refractivity (Wildman–Crippen MR) is 80.8 cm³/mol. The second-order valence-electron chi connectivity index (χ2n) is 5.21. The van der Waals surface area contributed by atoms with Crippen molar-refractivity contribution in [2.24, 2.45) is 4.99 Å². The molecule has 1 heterocycles. The standard InChI is InChI=1S/C17H13F3N2O2/c18-17(19,20)16(23)24-22-11-21-14(12-7-3-1-4-8-12)15(22)13-9-5-2-6-10-13/h1-11,14-15H. The number of hydroxylamine groups is 2. The lowest BCUT2D eigenvalue weighted by atomic mass is 9.95. The largest absolute Gasteiger partial charge is 0.493 e. The minimum atomic E-state index is -5.07. The Morgan fingerprint density at radius 2 is 1.50 bits per heavy atom. The Morgan fingerprint density at radius 3 is 2.04 bits per heavy atom. The highest BCUT2D eigenvalue weighted by atomic mass is 19.4. The van der Waals surface area contributed by atoms with E-state index in [2.05, 4.69) is 9.83 Å². The molecule has 2 aromatic rings. The SMILES string of the molecule is O=C(ON1C=NC(c2ccccc2)C1c1ccccc1)C(F)(F)F. The summed E-state index contributed by atoms with van der Waals surface area (Å²) in [5.74, 6) is -2.27. The predicted octanol–water partition coefficient (Wildman–Crippen LogP) is 3.83. The van der Waals surface area contributed by atoms with Crippen molar-refractivity contribution in [1.29, 1.82) is 0 Å². The van der Waals surface area contributed by atoms with Gasteiger partial charge in [-0.25, -0.2) is 4.79 Å². The number of alkyl halides is 3. The lowest BCUT2D eigenvalue weighted by Crippen LogP contribution is -2.35. The molecule has 0 radical (unpaired) electrons. The van der Waals surface area contributed by atoms with E-state index in [4.69, 9.17) is 0 Å². The summed E-state index contributed by atoms with van der Waals surface area (Å²) in [5, 5.41) is 0.864. The monoisotopic (exact) mass is 334 g/mol. The summed E-state index contributed by atoms with van der Waals surface area (Å²) < 4.78 is 37.5. The molecule has 0 saturated carbocycles. The molecule has 2 atom stereocenters. The first-order valence-corrected chi connectivity index (χ1v) is 7.17. The van der Waals surface area contributed by atoms with Crippen LogP contribution in [0.1, 0.15) is 23.2 Å². The third-order valence-electron chi connectivity index (χ3n) is 3.62. The second-order valence-corrected chi connectivity index (χ2v) is 5.21. The van der Waals surface area contributed by atoms with E-state index in [1.165, 1.54) is 0 Å². The molecule has 0 N–H and O–H groups in total. The van der Waals surface area contributed by atoms with Crippen molar-refractivity contribution in [3.05, 3.63) is 71.8 Å². The highest BCUT2D eigenvalue weighted by molar-refractivity contribution is 5.76. The molecule has 0 spiro atoms. The molecule has 0 aliphatic carbocycles.